The lowest BCUT2D eigenvalue weighted by Gasteiger charge is -2.37. The van der Waals surface area contributed by atoms with Gasteiger partial charge in [-0.2, -0.15) is 0 Å². The zero-order chi connectivity index (χ0) is 13.0. The molecule has 0 saturated carbocycles. The fourth-order valence-electron chi connectivity index (χ4n) is 2.62. The third kappa shape index (κ3) is 2.85. The van der Waals surface area contributed by atoms with E-state index in [1.54, 1.807) is 0 Å². The summed E-state index contributed by atoms with van der Waals surface area (Å²) >= 11 is 5.93. The summed E-state index contributed by atoms with van der Waals surface area (Å²) < 4.78 is 4.84. The molecule has 18 heavy (non-hydrogen) atoms. The lowest BCUT2D eigenvalue weighted by molar-refractivity contribution is -0.142. The number of halogens is 1. The van der Waals surface area contributed by atoms with Crippen molar-refractivity contribution in [2.75, 3.05) is 20.2 Å². The smallest absolute Gasteiger partial charge is 0.306 e. The van der Waals surface area contributed by atoms with Gasteiger partial charge in [0.1, 0.15) is 0 Å². The normalized spacial score (nSPS) is 18.3. The SMILES string of the molecule is COC(=O)CC1(c2ccc(Cl)cc2)CCNCC1. The first kappa shape index (κ1) is 13.4. The molecule has 0 bridgehead atoms. The van der Waals surface area contributed by atoms with Crippen LogP contribution in [0, 0.1) is 0 Å². The Balaban J connectivity index is 2.28. The van der Waals surface area contributed by atoms with Gasteiger partial charge < -0.3 is 10.1 Å². The summed E-state index contributed by atoms with van der Waals surface area (Å²) in [4.78, 5) is 11.7. The summed E-state index contributed by atoms with van der Waals surface area (Å²) in [6, 6.07) is 7.82. The third-order valence-corrected chi connectivity index (χ3v) is 3.98. The number of carbonyl (C=O) groups excluding carboxylic acids is 1. The minimum absolute atomic E-state index is 0.108. The van der Waals surface area contributed by atoms with E-state index in [2.05, 4.69) is 5.32 Å². The maximum atomic E-state index is 11.7. The fraction of sp³-hybridized carbons (Fsp3) is 0.500. The Morgan fingerprint density at radius 1 is 1.33 bits per heavy atom. The number of hydrogen-bond acceptors (Lipinski definition) is 3. The highest BCUT2D eigenvalue weighted by molar-refractivity contribution is 6.30. The van der Waals surface area contributed by atoms with Crippen molar-refractivity contribution in [2.45, 2.75) is 24.7 Å². The van der Waals surface area contributed by atoms with Crippen LogP contribution >= 0.6 is 11.6 Å². The summed E-state index contributed by atoms with van der Waals surface area (Å²) in [6.45, 7) is 1.86. The van der Waals surface area contributed by atoms with Crippen LogP contribution in [0.3, 0.4) is 0 Å². The molecular weight excluding hydrogens is 250 g/mol. The molecule has 1 fully saturated rings. The average Bonchev–Trinajstić information content (AvgIpc) is 2.40. The lowest BCUT2D eigenvalue weighted by atomic mass is 9.71. The number of esters is 1. The molecule has 0 radical (unpaired) electrons. The second-order valence-electron chi connectivity index (χ2n) is 4.79. The lowest BCUT2D eigenvalue weighted by Crippen LogP contribution is -2.41. The Kier molecular flexibility index (Phi) is 4.25. The van der Waals surface area contributed by atoms with E-state index in [9.17, 15) is 4.79 Å². The molecule has 0 atom stereocenters. The number of nitrogens with one attached hydrogen (secondary N) is 1. The van der Waals surface area contributed by atoms with Crippen LogP contribution in [0.1, 0.15) is 24.8 Å². The second kappa shape index (κ2) is 5.72. The number of ether oxygens (including phenoxy) is 1. The van der Waals surface area contributed by atoms with E-state index in [1.807, 2.05) is 24.3 Å². The molecular formula is C14H18ClNO2. The Morgan fingerprint density at radius 3 is 2.50 bits per heavy atom. The summed E-state index contributed by atoms with van der Waals surface area (Å²) in [6.07, 6.45) is 2.33. The van der Waals surface area contributed by atoms with Crippen LogP contribution in [0.15, 0.2) is 24.3 Å². The highest BCUT2D eigenvalue weighted by Gasteiger charge is 2.36. The van der Waals surface area contributed by atoms with Gasteiger partial charge in [-0.25, -0.2) is 0 Å². The van der Waals surface area contributed by atoms with Gasteiger partial charge in [0.2, 0.25) is 0 Å². The van der Waals surface area contributed by atoms with Crippen molar-refractivity contribution in [2.24, 2.45) is 0 Å². The Morgan fingerprint density at radius 2 is 1.94 bits per heavy atom. The van der Waals surface area contributed by atoms with Crippen LogP contribution in [0.25, 0.3) is 0 Å². The molecule has 1 heterocycles. The predicted molar refractivity (Wildman–Crippen MR) is 71.9 cm³/mol. The molecule has 1 aromatic carbocycles. The first-order valence-electron chi connectivity index (χ1n) is 6.20. The number of rotatable bonds is 3. The van der Waals surface area contributed by atoms with Gasteiger partial charge in [-0.3, -0.25) is 4.79 Å². The number of methoxy groups -OCH3 is 1. The molecule has 1 aliphatic rings. The van der Waals surface area contributed by atoms with E-state index in [1.165, 1.54) is 12.7 Å². The summed E-state index contributed by atoms with van der Waals surface area (Å²) in [5.41, 5.74) is 1.07. The Bertz CT molecular complexity index is 410. The number of hydrogen-bond donors (Lipinski definition) is 1. The van der Waals surface area contributed by atoms with Crippen LogP contribution in [0.5, 0.6) is 0 Å². The van der Waals surface area contributed by atoms with Gasteiger partial charge >= 0.3 is 5.97 Å². The van der Waals surface area contributed by atoms with Gasteiger partial charge in [-0.05, 0) is 43.6 Å². The molecule has 0 unspecified atom stereocenters. The maximum absolute atomic E-state index is 11.7. The molecule has 0 aliphatic carbocycles. The quantitative estimate of drug-likeness (QED) is 0.856. The van der Waals surface area contributed by atoms with E-state index in [0.29, 0.717) is 6.42 Å². The standard InChI is InChI=1S/C14H18ClNO2/c1-18-13(17)10-14(6-8-16-9-7-14)11-2-4-12(15)5-3-11/h2-5,16H,6-10H2,1H3. The molecule has 2 rings (SSSR count). The minimum atomic E-state index is -0.146. The first-order valence-corrected chi connectivity index (χ1v) is 6.58. The van der Waals surface area contributed by atoms with E-state index in [-0.39, 0.29) is 11.4 Å². The third-order valence-electron chi connectivity index (χ3n) is 3.73. The van der Waals surface area contributed by atoms with Crippen molar-refractivity contribution in [3.05, 3.63) is 34.9 Å². The van der Waals surface area contributed by atoms with Crippen molar-refractivity contribution in [3.8, 4) is 0 Å². The average molecular weight is 268 g/mol. The van der Waals surface area contributed by atoms with Gasteiger partial charge in [0.05, 0.1) is 13.5 Å². The number of piperidine rings is 1. The van der Waals surface area contributed by atoms with Crippen molar-refractivity contribution >= 4 is 17.6 Å². The molecule has 0 aromatic heterocycles. The molecule has 98 valence electrons. The van der Waals surface area contributed by atoms with Crippen molar-refractivity contribution in [3.63, 3.8) is 0 Å². The molecule has 0 amide bonds. The molecule has 4 heteroatoms. The molecule has 3 nitrogen and oxygen atoms in total. The Hall–Kier alpha value is -1.06. The summed E-state index contributed by atoms with van der Waals surface area (Å²) in [7, 11) is 1.44. The number of carbonyl (C=O) groups is 1. The topological polar surface area (TPSA) is 38.3 Å². The second-order valence-corrected chi connectivity index (χ2v) is 5.23. The van der Waals surface area contributed by atoms with Gasteiger partial charge in [0.25, 0.3) is 0 Å². The van der Waals surface area contributed by atoms with Crippen molar-refractivity contribution in [1.29, 1.82) is 0 Å². The molecule has 0 spiro atoms. The van der Waals surface area contributed by atoms with Gasteiger partial charge in [0.15, 0.2) is 0 Å². The molecule has 1 aromatic rings. The van der Waals surface area contributed by atoms with Gasteiger partial charge in [-0.15, -0.1) is 0 Å². The summed E-state index contributed by atoms with van der Waals surface area (Å²) in [5.74, 6) is -0.146. The van der Waals surface area contributed by atoms with Gasteiger partial charge in [-0.1, -0.05) is 23.7 Å². The fourth-order valence-corrected chi connectivity index (χ4v) is 2.75. The Labute approximate surface area is 112 Å². The maximum Gasteiger partial charge on any atom is 0.306 e. The predicted octanol–water partition coefficient (Wildman–Crippen LogP) is 2.52. The van der Waals surface area contributed by atoms with Crippen molar-refractivity contribution in [1.82, 2.24) is 5.32 Å². The van der Waals surface area contributed by atoms with E-state index >= 15 is 0 Å². The van der Waals surface area contributed by atoms with E-state index in [0.717, 1.165) is 31.0 Å². The highest BCUT2D eigenvalue weighted by atomic mass is 35.5. The van der Waals surface area contributed by atoms with E-state index < -0.39 is 0 Å². The first-order chi connectivity index (χ1) is 8.66. The van der Waals surface area contributed by atoms with Crippen molar-refractivity contribution < 1.29 is 9.53 Å². The van der Waals surface area contributed by atoms with Crippen LogP contribution in [0.2, 0.25) is 5.02 Å². The van der Waals surface area contributed by atoms with Crippen LogP contribution in [-0.4, -0.2) is 26.2 Å². The van der Waals surface area contributed by atoms with Crippen LogP contribution in [0.4, 0.5) is 0 Å². The monoisotopic (exact) mass is 267 g/mol. The molecule has 1 saturated heterocycles. The van der Waals surface area contributed by atoms with Gasteiger partial charge in [0, 0.05) is 10.4 Å². The van der Waals surface area contributed by atoms with Crippen LogP contribution in [-0.2, 0) is 14.9 Å². The molecule has 1 aliphatic heterocycles. The zero-order valence-electron chi connectivity index (χ0n) is 10.5. The summed E-state index contributed by atoms with van der Waals surface area (Å²) in [5, 5.41) is 4.06. The molecule has 1 N–H and O–H groups in total. The van der Waals surface area contributed by atoms with Crippen LogP contribution < -0.4 is 5.32 Å². The minimum Gasteiger partial charge on any atom is -0.469 e. The largest absolute Gasteiger partial charge is 0.469 e. The van der Waals surface area contributed by atoms with E-state index in [4.69, 9.17) is 16.3 Å². The number of benzene rings is 1. The highest BCUT2D eigenvalue weighted by Crippen LogP contribution is 2.37. The zero-order valence-corrected chi connectivity index (χ0v) is 11.3.